The summed E-state index contributed by atoms with van der Waals surface area (Å²) in [6.07, 6.45) is 3.39. The van der Waals surface area contributed by atoms with Crippen LogP contribution in [-0.2, 0) is 17.6 Å². The second-order valence-electron chi connectivity index (χ2n) is 5.17. The van der Waals surface area contributed by atoms with Crippen molar-refractivity contribution in [2.75, 3.05) is 18.2 Å². The first-order chi connectivity index (χ1) is 10.2. The number of fused-ring (bicyclic) bond motifs is 1. The number of carbonyl (C=O) groups is 1. The minimum atomic E-state index is -0.451. The zero-order chi connectivity index (χ0) is 14.8. The van der Waals surface area contributed by atoms with Gasteiger partial charge in [0, 0.05) is 6.04 Å². The summed E-state index contributed by atoms with van der Waals surface area (Å²) in [5, 5.41) is 3.36. The van der Waals surface area contributed by atoms with Crippen LogP contribution in [0.1, 0.15) is 21.5 Å². The van der Waals surface area contributed by atoms with Gasteiger partial charge in [-0.1, -0.05) is 24.3 Å². The largest absolute Gasteiger partial charge is 0.465 e. The van der Waals surface area contributed by atoms with Gasteiger partial charge in [0.15, 0.2) is 0 Å². The number of nitrogens with two attached hydrogens (primary N) is 1. The summed E-state index contributed by atoms with van der Waals surface area (Å²) in [6.45, 7) is 0. The topological polar surface area (TPSA) is 77.2 Å². The van der Waals surface area contributed by atoms with E-state index in [0.717, 1.165) is 12.8 Å². The van der Waals surface area contributed by atoms with Gasteiger partial charge >= 0.3 is 5.97 Å². The fraction of sp³-hybridized carbons (Fsp3) is 0.250. The molecule has 1 aliphatic carbocycles. The number of benzene rings is 1. The van der Waals surface area contributed by atoms with Crippen LogP contribution >= 0.6 is 0 Å². The van der Waals surface area contributed by atoms with Gasteiger partial charge in [-0.3, -0.25) is 0 Å². The Morgan fingerprint density at radius 2 is 2.00 bits per heavy atom. The van der Waals surface area contributed by atoms with Crippen molar-refractivity contribution >= 4 is 17.5 Å². The fourth-order valence-electron chi connectivity index (χ4n) is 2.70. The van der Waals surface area contributed by atoms with Crippen LogP contribution in [-0.4, -0.2) is 24.1 Å². The van der Waals surface area contributed by atoms with Crippen LogP contribution in [0.15, 0.2) is 36.5 Å². The van der Waals surface area contributed by atoms with Crippen molar-refractivity contribution in [1.82, 2.24) is 4.98 Å². The third kappa shape index (κ3) is 2.67. The molecule has 0 spiro atoms. The smallest absolute Gasteiger partial charge is 0.340 e. The fourth-order valence-corrected chi connectivity index (χ4v) is 2.70. The molecule has 3 rings (SSSR count). The molecular weight excluding hydrogens is 266 g/mol. The predicted octanol–water partition coefficient (Wildman–Crippen LogP) is 2.03. The Kier molecular flexibility index (Phi) is 3.48. The van der Waals surface area contributed by atoms with E-state index in [1.165, 1.54) is 24.4 Å². The zero-order valence-electron chi connectivity index (χ0n) is 11.8. The lowest BCUT2D eigenvalue weighted by Crippen LogP contribution is -2.20. The standard InChI is InChI=1S/C16H17N3O2/c1-21-16(20)13-8-15(18-9-14(13)17)19-12-6-10-4-2-3-5-11(10)7-12/h2-5,8-9,12H,6-7,17H2,1H3,(H,18,19). The number of nitrogens with one attached hydrogen (secondary N) is 1. The Morgan fingerprint density at radius 1 is 1.33 bits per heavy atom. The number of pyridine rings is 1. The predicted molar refractivity (Wildman–Crippen MR) is 81.2 cm³/mol. The minimum Gasteiger partial charge on any atom is -0.465 e. The van der Waals surface area contributed by atoms with Crippen molar-refractivity contribution in [3.05, 3.63) is 53.2 Å². The van der Waals surface area contributed by atoms with E-state index in [1.807, 2.05) is 0 Å². The van der Waals surface area contributed by atoms with Crippen molar-refractivity contribution in [1.29, 1.82) is 0 Å². The molecule has 2 aromatic rings. The summed E-state index contributed by atoms with van der Waals surface area (Å²) in [7, 11) is 1.34. The van der Waals surface area contributed by atoms with Gasteiger partial charge < -0.3 is 15.8 Å². The molecular formula is C16H17N3O2. The van der Waals surface area contributed by atoms with Crippen molar-refractivity contribution < 1.29 is 9.53 Å². The summed E-state index contributed by atoms with van der Waals surface area (Å²) in [5.41, 5.74) is 9.13. The van der Waals surface area contributed by atoms with Gasteiger partial charge in [0.2, 0.25) is 0 Å². The lowest BCUT2D eigenvalue weighted by Gasteiger charge is -2.14. The second-order valence-corrected chi connectivity index (χ2v) is 5.17. The van der Waals surface area contributed by atoms with Gasteiger partial charge in [0.25, 0.3) is 0 Å². The molecule has 3 N–H and O–H groups in total. The summed E-state index contributed by atoms with van der Waals surface area (Å²) in [6, 6.07) is 10.3. The molecule has 108 valence electrons. The maximum atomic E-state index is 11.6. The molecule has 0 saturated carbocycles. The number of methoxy groups -OCH3 is 1. The first kappa shape index (κ1) is 13.4. The van der Waals surface area contributed by atoms with Crippen molar-refractivity contribution in [2.45, 2.75) is 18.9 Å². The molecule has 1 aromatic heterocycles. The van der Waals surface area contributed by atoms with Gasteiger partial charge in [-0.25, -0.2) is 9.78 Å². The molecule has 5 nitrogen and oxygen atoms in total. The average Bonchev–Trinajstić information content (AvgIpc) is 2.90. The summed E-state index contributed by atoms with van der Waals surface area (Å²) >= 11 is 0. The maximum Gasteiger partial charge on any atom is 0.340 e. The van der Waals surface area contributed by atoms with Gasteiger partial charge in [-0.2, -0.15) is 0 Å². The molecule has 0 bridgehead atoms. The molecule has 1 heterocycles. The van der Waals surface area contributed by atoms with E-state index in [2.05, 4.69) is 34.6 Å². The first-order valence-electron chi connectivity index (χ1n) is 6.84. The minimum absolute atomic E-state index is 0.282. The Hall–Kier alpha value is -2.56. The third-order valence-electron chi connectivity index (χ3n) is 3.74. The number of nitrogens with zero attached hydrogens (tertiary/aromatic N) is 1. The second kappa shape index (κ2) is 5.44. The van der Waals surface area contributed by atoms with E-state index in [1.54, 1.807) is 6.07 Å². The number of carbonyl (C=O) groups excluding carboxylic acids is 1. The van der Waals surface area contributed by atoms with Crippen molar-refractivity contribution in [3.63, 3.8) is 0 Å². The van der Waals surface area contributed by atoms with Crippen LogP contribution in [0.4, 0.5) is 11.5 Å². The molecule has 0 unspecified atom stereocenters. The van der Waals surface area contributed by atoms with E-state index >= 15 is 0 Å². The molecule has 0 amide bonds. The normalized spacial score (nSPS) is 13.8. The number of nitrogen functional groups attached to an aromatic ring is 1. The number of hydrogen-bond acceptors (Lipinski definition) is 5. The monoisotopic (exact) mass is 283 g/mol. The molecule has 1 aromatic carbocycles. The van der Waals surface area contributed by atoms with Crippen LogP contribution in [0.5, 0.6) is 0 Å². The lowest BCUT2D eigenvalue weighted by molar-refractivity contribution is 0.0602. The highest BCUT2D eigenvalue weighted by Gasteiger charge is 2.21. The Balaban J connectivity index is 1.76. The van der Waals surface area contributed by atoms with E-state index in [9.17, 15) is 4.79 Å². The number of anilines is 2. The van der Waals surface area contributed by atoms with E-state index < -0.39 is 5.97 Å². The Labute approximate surface area is 123 Å². The average molecular weight is 283 g/mol. The number of aromatic nitrogens is 1. The molecule has 0 aliphatic heterocycles. The zero-order valence-corrected chi connectivity index (χ0v) is 11.8. The summed E-state index contributed by atoms with van der Waals surface area (Å²) < 4.78 is 4.72. The highest BCUT2D eigenvalue weighted by atomic mass is 16.5. The van der Waals surface area contributed by atoms with Gasteiger partial charge in [0.05, 0.1) is 24.6 Å². The van der Waals surface area contributed by atoms with Crippen molar-refractivity contribution in [3.8, 4) is 0 Å². The van der Waals surface area contributed by atoms with Crippen LogP contribution in [0, 0.1) is 0 Å². The van der Waals surface area contributed by atoms with Crippen LogP contribution in [0.25, 0.3) is 0 Å². The highest BCUT2D eigenvalue weighted by Crippen LogP contribution is 2.25. The van der Waals surface area contributed by atoms with E-state index in [-0.39, 0.29) is 6.04 Å². The SMILES string of the molecule is COC(=O)c1cc(NC2Cc3ccccc3C2)ncc1N. The highest BCUT2D eigenvalue weighted by molar-refractivity contribution is 5.95. The maximum absolute atomic E-state index is 11.6. The molecule has 0 radical (unpaired) electrons. The molecule has 5 heteroatoms. The Morgan fingerprint density at radius 3 is 2.62 bits per heavy atom. The Bertz CT molecular complexity index is 660. The summed E-state index contributed by atoms with van der Waals surface area (Å²) in [5.74, 6) is 0.190. The third-order valence-corrected chi connectivity index (χ3v) is 3.74. The van der Waals surface area contributed by atoms with E-state index in [4.69, 9.17) is 10.5 Å². The van der Waals surface area contributed by atoms with Gasteiger partial charge in [-0.05, 0) is 30.0 Å². The molecule has 0 saturated heterocycles. The van der Waals surface area contributed by atoms with Crippen molar-refractivity contribution in [2.24, 2.45) is 0 Å². The molecule has 21 heavy (non-hydrogen) atoms. The lowest BCUT2D eigenvalue weighted by atomic mass is 10.1. The van der Waals surface area contributed by atoms with Crippen LogP contribution in [0.2, 0.25) is 0 Å². The van der Waals surface area contributed by atoms with Gasteiger partial charge in [-0.15, -0.1) is 0 Å². The quantitative estimate of drug-likeness (QED) is 0.843. The number of ether oxygens (including phenoxy) is 1. The number of rotatable bonds is 3. The molecule has 0 fully saturated rings. The van der Waals surface area contributed by atoms with Crippen LogP contribution in [0.3, 0.4) is 0 Å². The first-order valence-corrected chi connectivity index (χ1v) is 6.84. The summed E-state index contributed by atoms with van der Waals surface area (Å²) in [4.78, 5) is 15.9. The van der Waals surface area contributed by atoms with Gasteiger partial charge in [0.1, 0.15) is 5.82 Å². The molecule has 0 atom stereocenters. The number of esters is 1. The van der Waals surface area contributed by atoms with Crippen LogP contribution < -0.4 is 11.1 Å². The van der Waals surface area contributed by atoms with E-state index in [0.29, 0.717) is 17.1 Å². The molecule has 1 aliphatic rings. The number of hydrogen-bond donors (Lipinski definition) is 2.